The number of hydrogen-bond donors (Lipinski definition) is 1. The molecular formula is C16H14ClNO. The van der Waals surface area contributed by atoms with Gasteiger partial charge in [0.15, 0.2) is 0 Å². The van der Waals surface area contributed by atoms with Crippen LogP contribution in [0.5, 0.6) is 0 Å². The van der Waals surface area contributed by atoms with Crippen LogP contribution in [0.2, 0.25) is 5.02 Å². The summed E-state index contributed by atoms with van der Waals surface area (Å²) >= 11 is 5.83. The second-order valence-corrected chi connectivity index (χ2v) is 5.35. The van der Waals surface area contributed by atoms with E-state index in [0.29, 0.717) is 5.02 Å². The topological polar surface area (TPSA) is 29.1 Å². The maximum absolute atomic E-state index is 12.4. The molecule has 0 bridgehead atoms. The average Bonchev–Trinajstić information content (AvgIpc) is 3.24. The smallest absolute Gasteiger partial charge is 0.235 e. The van der Waals surface area contributed by atoms with Crippen molar-refractivity contribution >= 4 is 23.2 Å². The SMILES string of the molecule is O=C(Nc1ccc(Cl)cc1)C1(c2ccccc2)CC1. The van der Waals surface area contributed by atoms with E-state index in [2.05, 4.69) is 5.32 Å². The van der Waals surface area contributed by atoms with Gasteiger partial charge in [0.2, 0.25) is 5.91 Å². The zero-order valence-electron chi connectivity index (χ0n) is 10.4. The van der Waals surface area contributed by atoms with Crippen molar-refractivity contribution in [1.29, 1.82) is 0 Å². The Morgan fingerprint density at radius 3 is 2.21 bits per heavy atom. The molecule has 1 N–H and O–H groups in total. The highest BCUT2D eigenvalue weighted by molar-refractivity contribution is 6.30. The molecule has 0 aliphatic heterocycles. The Balaban J connectivity index is 1.79. The summed E-state index contributed by atoms with van der Waals surface area (Å²) in [6.45, 7) is 0. The van der Waals surface area contributed by atoms with Gasteiger partial charge in [-0.1, -0.05) is 41.9 Å². The molecule has 0 atom stereocenters. The first-order valence-electron chi connectivity index (χ1n) is 6.33. The molecule has 3 heteroatoms. The van der Waals surface area contributed by atoms with Gasteiger partial charge < -0.3 is 5.32 Å². The highest BCUT2D eigenvalue weighted by atomic mass is 35.5. The number of carbonyl (C=O) groups excluding carboxylic acids is 1. The van der Waals surface area contributed by atoms with Crippen molar-refractivity contribution in [3.05, 3.63) is 65.2 Å². The van der Waals surface area contributed by atoms with E-state index in [1.165, 1.54) is 0 Å². The third-order valence-electron chi connectivity index (χ3n) is 3.61. The minimum atomic E-state index is -0.332. The Kier molecular flexibility index (Phi) is 3.03. The minimum absolute atomic E-state index is 0.0704. The molecule has 1 saturated carbocycles. The van der Waals surface area contributed by atoms with Gasteiger partial charge in [-0.2, -0.15) is 0 Å². The van der Waals surface area contributed by atoms with Crippen molar-refractivity contribution in [1.82, 2.24) is 0 Å². The molecule has 0 spiro atoms. The summed E-state index contributed by atoms with van der Waals surface area (Å²) < 4.78 is 0. The van der Waals surface area contributed by atoms with Crippen LogP contribution in [0.4, 0.5) is 5.69 Å². The van der Waals surface area contributed by atoms with E-state index in [4.69, 9.17) is 11.6 Å². The van der Waals surface area contributed by atoms with E-state index in [1.807, 2.05) is 42.5 Å². The molecule has 0 unspecified atom stereocenters. The molecule has 2 aromatic carbocycles. The molecule has 0 radical (unpaired) electrons. The summed E-state index contributed by atoms with van der Waals surface area (Å²) in [6, 6.07) is 17.2. The Hall–Kier alpha value is -1.80. The number of benzene rings is 2. The van der Waals surface area contributed by atoms with Gasteiger partial charge in [0.1, 0.15) is 0 Å². The normalized spacial score (nSPS) is 15.8. The predicted octanol–water partition coefficient (Wildman–Crippen LogP) is 4.01. The van der Waals surface area contributed by atoms with E-state index in [9.17, 15) is 4.79 Å². The van der Waals surface area contributed by atoms with Crippen molar-refractivity contribution in [2.24, 2.45) is 0 Å². The number of amides is 1. The third-order valence-corrected chi connectivity index (χ3v) is 3.87. The van der Waals surface area contributed by atoms with Crippen LogP contribution in [0, 0.1) is 0 Å². The second-order valence-electron chi connectivity index (χ2n) is 4.91. The molecule has 96 valence electrons. The van der Waals surface area contributed by atoms with E-state index >= 15 is 0 Å². The first-order chi connectivity index (χ1) is 9.21. The quantitative estimate of drug-likeness (QED) is 0.898. The Labute approximate surface area is 117 Å². The summed E-state index contributed by atoms with van der Waals surface area (Å²) in [4.78, 5) is 12.4. The summed E-state index contributed by atoms with van der Waals surface area (Å²) in [5.41, 5.74) is 1.55. The number of nitrogens with one attached hydrogen (secondary N) is 1. The van der Waals surface area contributed by atoms with Crippen LogP contribution in [0.15, 0.2) is 54.6 Å². The van der Waals surface area contributed by atoms with Gasteiger partial charge in [0.25, 0.3) is 0 Å². The van der Waals surface area contributed by atoms with Crippen LogP contribution in [0.3, 0.4) is 0 Å². The van der Waals surface area contributed by atoms with Crippen LogP contribution >= 0.6 is 11.6 Å². The lowest BCUT2D eigenvalue weighted by Gasteiger charge is -2.15. The average molecular weight is 272 g/mol. The maximum Gasteiger partial charge on any atom is 0.235 e. The van der Waals surface area contributed by atoms with E-state index in [1.54, 1.807) is 12.1 Å². The third kappa shape index (κ3) is 2.36. The summed E-state index contributed by atoms with van der Waals surface area (Å²) in [6.07, 6.45) is 1.83. The Bertz CT molecular complexity index is 588. The predicted molar refractivity (Wildman–Crippen MR) is 77.4 cm³/mol. The molecular weight excluding hydrogens is 258 g/mol. The number of hydrogen-bond acceptors (Lipinski definition) is 1. The van der Waals surface area contributed by atoms with Crippen LogP contribution in [-0.4, -0.2) is 5.91 Å². The summed E-state index contributed by atoms with van der Waals surface area (Å²) in [5, 5.41) is 3.64. The molecule has 0 saturated heterocycles. The van der Waals surface area contributed by atoms with Crippen molar-refractivity contribution in [3.8, 4) is 0 Å². The van der Waals surface area contributed by atoms with Gasteiger partial charge in [0.05, 0.1) is 5.41 Å². The first-order valence-corrected chi connectivity index (χ1v) is 6.71. The Morgan fingerprint density at radius 1 is 1.00 bits per heavy atom. The molecule has 0 aromatic heterocycles. The van der Waals surface area contributed by atoms with Gasteiger partial charge in [-0.15, -0.1) is 0 Å². The molecule has 1 amide bonds. The molecule has 2 aromatic rings. The van der Waals surface area contributed by atoms with Crippen molar-refractivity contribution in [3.63, 3.8) is 0 Å². The van der Waals surface area contributed by atoms with Crippen LogP contribution in [0.25, 0.3) is 0 Å². The van der Waals surface area contributed by atoms with Crippen LogP contribution in [0.1, 0.15) is 18.4 Å². The zero-order chi connectivity index (χ0) is 13.3. The largest absolute Gasteiger partial charge is 0.325 e. The minimum Gasteiger partial charge on any atom is -0.325 e. The fourth-order valence-corrected chi connectivity index (χ4v) is 2.44. The van der Waals surface area contributed by atoms with Gasteiger partial charge in [0, 0.05) is 10.7 Å². The van der Waals surface area contributed by atoms with Gasteiger partial charge in [-0.3, -0.25) is 4.79 Å². The molecule has 2 nitrogen and oxygen atoms in total. The zero-order valence-corrected chi connectivity index (χ0v) is 11.2. The van der Waals surface area contributed by atoms with Crippen molar-refractivity contribution in [2.45, 2.75) is 18.3 Å². The number of halogens is 1. The molecule has 19 heavy (non-hydrogen) atoms. The number of rotatable bonds is 3. The van der Waals surface area contributed by atoms with Gasteiger partial charge >= 0.3 is 0 Å². The molecule has 1 fully saturated rings. The summed E-state index contributed by atoms with van der Waals surface area (Å²) in [5.74, 6) is 0.0704. The lowest BCUT2D eigenvalue weighted by molar-refractivity contribution is -0.118. The fraction of sp³-hybridized carbons (Fsp3) is 0.188. The summed E-state index contributed by atoms with van der Waals surface area (Å²) in [7, 11) is 0. The van der Waals surface area contributed by atoms with E-state index < -0.39 is 0 Å². The highest BCUT2D eigenvalue weighted by Gasteiger charge is 2.51. The van der Waals surface area contributed by atoms with E-state index in [0.717, 1.165) is 24.1 Å². The standard InChI is InChI=1S/C16H14ClNO/c17-13-6-8-14(9-7-13)18-15(19)16(10-11-16)12-4-2-1-3-5-12/h1-9H,10-11H2,(H,18,19). The van der Waals surface area contributed by atoms with Gasteiger partial charge in [-0.25, -0.2) is 0 Å². The molecule has 1 aliphatic carbocycles. The monoisotopic (exact) mass is 271 g/mol. The fourth-order valence-electron chi connectivity index (χ4n) is 2.31. The van der Waals surface area contributed by atoms with Crippen LogP contribution in [-0.2, 0) is 10.2 Å². The molecule has 1 aliphatic rings. The highest BCUT2D eigenvalue weighted by Crippen LogP contribution is 2.48. The first kappa shape index (κ1) is 12.2. The molecule has 0 heterocycles. The van der Waals surface area contributed by atoms with Crippen molar-refractivity contribution in [2.75, 3.05) is 5.32 Å². The Morgan fingerprint density at radius 2 is 1.63 bits per heavy atom. The number of anilines is 1. The van der Waals surface area contributed by atoms with Crippen molar-refractivity contribution < 1.29 is 4.79 Å². The second kappa shape index (κ2) is 4.71. The maximum atomic E-state index is 12.4. The van der Waals surface area contributed by atoms with Crippen LogP contribution < -0.4 is 5.32 Å². The lowest BCUT2D eigenvalue weighted by Crippen LogP contribution is -2.27. The van der Waals surface area contributed by atoms with E-state index in [-0.39, 0.29) is 11.3 Å². The lowest BCUT2D eigenvalue weighted by atomic mass is 9.95. The number of carbonyl (C=O) groups is 1. The molecule has 3 rings (SSSR count). The van der Waals surface area contributed by atoms with Gasteiger partial charge in [-0.05, 0) is 42.7 Å².